The molecule has 76 valence electrons. The van der Waals surface area contributed by atoms with E-state index in [-0.39, 0.29) is 0 Å². The molecule has 0 aliphatic carbocycles. The molecule has 1 rings (SSSR count). The minimum Gasteiger partial charge on any atom is -0.492 e. The van der Waals surface area contributed by atoms with Crippen molar-refractivity contribution in [2.24, 2.45) is 0 Å². The molecule has 0 unspecified atom stereocenters. The van der Waals surface area contributed by atoms with Crippen LogP contribution in [0.5, 0.6) is 0 Å². The van der Waals surface area contributed by atoms with Crippen LogP contribution in [-0.2, 0) is 4.74 Å². The van der Waals surface area contributed by atoms with Crippen LogP contribution in [-0.4, -0.2) is 13.3 Å². The summed E-state index contributed by atoms with van der Waals surface area (Å²) in [5.74, 6) is -0.997. The molecule has 0 N–H and O–H groups in total. The Labute approximate surface area is 79.8 Å². The first-order valence-corrected chi connectivity index (χ1v) is 3.92. The average Bonchev–Trinajstić information content (AvgIpc) is 2.14. The molecule has 0 heterocycles. The van der Waals surface area contributed by atoms with Crippen molar-refractivity contribution in [1.82, 2.24) is 0 Å². The van der Waals surface area contributed by atoms with Crippen molar-refractivity contribution in [3.63, 3.8) is 0 Å². The van der Waals surface area contributed by atoms with E-state index in [1.165, 1.54) is 0 Å². The molecule has 4 heteroatoms. The van der Waals surface area contributed by atoms with Crippen LogP contribution < -0.4 is 0 Å². The maximum absolute atomic E-state index is 12.2. The fraction of sp³-hybridized carbons (Fsp3) is 0.200. The highest BCUT2D eigenvalue weighted by atomic mass is 19.4. The molecule has 1 nitrogen and oxygen atoms in total. The summed E-state index contributed by atoms with van der Waals surface area (Å²) in [6.45, 7) is 0. The maximum Gasteiger partial charge on any atom is 0.448 e. The van der Waals surface area contributed by atoms with E-state index in [9.17, 15) is 13.2 Å². The van der Waals surface area contributed by atoms with E-state index >= 15 is 0 Å². The summed E-state index contributed by atoms with van der Waals surface area (Å²) in [6.07, 6.45) is -3.48. The number of ether oxygens (including phenoxy) is 1. The van der Waals surface area contributed by atoms with Crippen molar-refractivity contribution in [3.05, 3.63) is 41.7 Å². The second-order valence-corrected chi connectivity index (χ2v) is 2.62. The van der Waals surface area contributed by atoms with Crippen LogP contribution in [0.4, 0.5) is 13.2 Å². The molecule has 0 fully saturated rings. The molecule has 0 atom stereocenters. The van der Waals surface area contributed by atoms with Crippen LogP contribution in [0.2, 0.25) is 0 Å². The van der Waals surface area contributed by atoms with Gasteiger partial charge >= 0.3 is 6.18 Å². The second kappa shape index (κ2) is 4.17. The Balaban J connectivity index is 2.96. The van der Waals surface area contributed by atoms with Gasteiger partial charge in [0.25, 0.3) is 0 Å². The van der Waals surface area contributed by atoms with Crippen LogP contribution in [0.15, 0.2) is 36.1 Å². The fourth-order valence-electron chi connectivity index (χ4n) is 0.957. The zero-order chi connectivity index (χ0) is 10.6. The Morgan fingerprint density at radius 3 is 2.21 bits per heavy atom. The van der Waals surface area contributed by atoms with Crippen LogP contribution in [0.25, 0.3) is 6.08 Å². The third-order valence-corrected chi connectivity index (χ3v) is 1.60. The topological polar surface area (TPSA) is 9.23 Å². The van der Waals surface area contributed by atoms with Gasteiger partial charge in [0.1, 0.15) is 0 Å². The average molecular weight is 202 g/mol. The van der Waals surface area contributed by atoms with Gasteiger partial charge in [0.2, 0.25) is 5.76 Å². The monoisotopic (exact) mass is 202 g/mol. The van der Waals surface area contributed by atoms with Gasteiger partial charge in [-0.25, -0.2) is 0 Å². The SMILES string of the molecule is CO/C(=C\c1ccccc1)C(F)(F)F. The van der Waals surface area contributed by atoms with Gasteiger partial charge in [0.05, 0.1) is 7.11 Å². The number of alkyl halides is 3. The second-order valence-electron chi connectivity index (χ2n) is 2.62. The maximum atomic E-state index is 12.2. The lowest BCUT2D eigenvalue weighted by Crippen LogP contribution is -2.13. The van der Waals surface area contributed by atoms with Crippen LogP contribution in [0.1, 0.15) is 5.56 Å². The van der Waals surface area contributed by atoms with E-state index in [1.807, 2.05) is 0 Å². The summed E-state index contributed by atoms with van der Waals surface area (Å²) in [4.78, 5) is 0. The summed E-state index contributed by atoms with van der Waals surface area (Å²) in [5, 5.41) is 0. The van der Waals surface area contributed by atoms with Crippen LogP contribution in [0, 0.1) is 0 Å². The predicted octanol–water partition coefficient (Wildman–Crippen LogP) is 3.24. The van der Waals surface area contributed by atoms with Crippen molar-refractivity contribution in [2.75, 3.05) is 7.11 Å². The normalized spacial score (nSPS) is 12.7. The number of hydrogen-bond donors (Lipinski definition) is 0. The Morgan fingerprint density at radius 1 is 1.21 bits per heavy atom. The van der Waals surface area contributed by atoms with Gasteiger partial charge in [-0.3, -0.25) is 0 Å². The van der Waals surface area contributed by atoms with E-state index in [2.05, 4.69) is 4.74 Å². The van der Waals surface area contributed by atoms with Crippen LogP contribution in [0.3, 0.4) is 0 Å². The summed E-state index contributed by atoms with van der Waals surface area (Å²) < 4.78 is 40.9. The summed E-state index contributed by atoms with van der Waals surface area (Å²) in [6, 6.07) is 8.21. The van der Waals surface area contributed by atoms with Gasteiger partial charge in [-0.15, -0.1) is 0 Å². The molecule has 1 aromatic carbocycles. The summed E-state index contributed by atoms with van der Waals surface area (Å²) in [5.41, 5.74) is 0.460. The highest BCUT2D eigenvalue weighted by molar-refractivity contribution is 5.51. The molecule has 0 radical (unpaired) electrons. The van der Waals surface area contributed by atoms with Crippen molar-refractivity contribution >= 4 is 6.08 Å². The van der Waals surface area contributed by atoms with Crippen LogP contribution >= 0.6 is 0 Å². The first-order chi connectivity index (χ1) is 6.54. The molecule has 0 saturated heterocycles. The minimum absolute atomic E-state index is 0.460. The summed E-state index contributed by atoms with van der Waals surface area (Å²) in [7, 11) is 1.00. The highest BCUT2D eigenvalue weighted by Gasteiger charge is 2.35. The van der Waals surface area contributed by atoms with Gasteiger partial charge in [-0.05, 0) is 11.6 Å². The zero-order valence-electron chi connectivity index (χ0n) is 7.51. The fourth-order valence-corrected chi connectivity index (χ4v) is 0.957. The molecule has 0 saturated carbocycles. The van der Waals surface area contributed by atoms with E-state index in [4.69, 9.17) is 0 Å². The molecule has 1 aromatic rings. The molecule has 14 heavy (non-hydrogen) atoms. The predicted molar refractivity (Wildman–Crippen MR) is 47.5 cm³/mol. The molecule has 0 aromatic heterocycles. The lowest BCUT2D eigenvalue weighted by atomic mass is 10.2. The molecule has 0 bridgehead atoms. The molecule has 0 aliphatic heterocycles. The highest BCUT2D eigenvalue weighted by Crippen LogP contribution is 2.27. The number of methoxy groups -OCH3 is 1. The molecule has 0 aliphatic rings. The Hall–Kier alpha value is -1.45. The Kier molecular flexibility index (Phi) is 3.17. The van der Waals surface area contributed by atoms with Gasteiger partial charge < -0.3 is 4.74 Å². The van der Waals surface area contributed by atoms with E-state index in [1.54, 1.807) is 30.3 Å². The van der Waals surface area contributed by atoms with Crippen molar-refractivity contribution in [1.29, 1.82) is 0 Å². The van der Waals surface area contributed by atoms with Gasteiger partial charge in [-0.2, -0.15) is 13.2 Å². The first kappa shape index (κ1) is 10.6. The summed E-state index contributed by atoms with van der Waals surface area (Å²) >= 11 is 0. The number of hydrogen-bond acceptors (Lipinski definition) is 1. The number of halogens is 3. The molecule has 0 amide bonds. The standard InChI is InChI=1S/C10H9F3O/c1-14-9(10(11,12)13)7-8-5-3-2-4-6-8/h2-7H,1H3/b9-7-. The van der Waals surface area contributed by atoms with Gasteiger partial charge in [0, 0.05) is 0 Å². The number of rotatable bonds is 2. The van der Waals surface area contributed by atoms with Crippen molar-refractivity contribution in [3.8, 4) is 0 Å². The van der Waals surface area contributed by atoms with E-state index < -0.39 is 11.9 Å². The minimum atomic E-state index is -4.44. The van der Waals surface area contributed by atoms with E-state index in [0.29, 0.717) is 5.56 Å². The zero-order valence-corrected chi connectivity index (χ0v) is 7.51. The van der Waals surface area contributed by atoms with Crippen molar-refractivity contribution in [2.45, 2.75) is 6.18 Å². The number of allylic oxidation sites excluding steroid dienone is 1. The van der Waals surface area contributed by atoms with Gasteiger partial charge in [-0.1, -0.05) is 30.3 Å². The largest absolute Gasteiger partial charge is 0.492 e. The third-order valence-electron chi connectivity index (χ3n) is 1.60. The third kappa shape index (κ3) is 2.80. The quantitative estimate of drug-likeness (QED) is 0.669. The number of benzene rings is 1. The van der Waals surface area contributed by atoms with E-state index in [0.717, 1.165) is 13.2 Å². The first-order valence-electron chi connectivity index (χ1n) is 3.92. The molecular weight excluding hydrogens is 193 g/mol. The molecule has 0 spiro atoms. The molecular formula is C10H9F3O. The lowest BCUT2D eigenvalue weighted by Gasteiger charge is -2.09. The lowest BCUT2D eigenvalue weighted by molar-refractivity contribution is -0.124. The Bertz CT molecular complexity index is 314. The smallest absolute Gasteiger partial charge is 0.448 e. The Morgan fingerprint density at radius 2 is 1.79 bits per heavy atom. The van der Waals surface area contributed by atoms with Gasteiger partial charge in [0.15, 0.2) is 0 Å². The van der Waals surface area contributed by atoms with Crippen molar-refractivity contribution < 1.29 is 17.9 Å².